The van der Waals surface area contributed by atoms with E-state index in [0.717, 1.165) is 18.9 Å². The smallest absolute Gasteiger partial charge is 0.334 e. The molecule has 0 aromatic rings. The SMILES string of the molecule is C=C(CN1CC2CC3CC2C1C3O)C(=O)OCC. The van der Waals surface area contributed by atoms with Crippen LogP contribution in [0.2, 0.25) is 0 Å². The summed E-state index contributed by atoms with van der Waals surface area (Å²) >= 11 is 0. The maximum atomic E-state index is 11.6. The van der Waals surface area contributed by atoms with Crippen molar-refractivity contribution in [3.63, 3.8) is 0 Å². The molecule has 0 amide bonds. The Morgan fingerprint density at radius 3 is 2.89 bits per heavy atom. The molecule has 3 aliphatic rings. The molecule has 0 aromatic heterocycles. The number of likely N-dealkylation sites (tertiary alicyclic amines) is 1. The average molecular weight is 251 g/mol. The van der Waals surface area contributed by atoms with Crippen LogP contribution >= 0.6 is 0 Å². The number of hydrogen-bond donors (Lipinski definition) is 1. The van der Waals surface area contributed by atoms with E-state index >= 15 is 0 Å². The van der Waals surface area contributed by atoms with Crippen molar-refractivity contribution in [3.05, 3.63) is 12.2 Å². The fourth-order valence-electron chi connectivity index (χ4n) is 4.26. The van der Waals surface area contributed by atoms with E-state index in [1.54, 1.807) is 6.92 Å². The van der Waals surface area contributed by atoms with Gasteiger partial charge >= 0.3 is 5.97 Å². The number of carbonyl (C=O) groups is 1. The third kappa shape index (κ3) is 1.70. The van der Waals surface area contributed by atoms with Gasteiger partial charge in [-0.3, -0.25) is 4.90 Å². The van der Waals surface area contributed by atoms with E-state index in [-0.39, 0.29) is 18.1 Å². The van der Waals surface area contributed by atoms with Crippen LogP contribution in [-0.2, 0) is 9.53 Å². The van der Waals surface area contributed by atoms with Gasteiger partial charge < -0.3 is 9.84 Å². The van der Waals surface area contributed by atoms with Gasteiger partial charge in [-0.25, -0.2) is 4.79 Å². The van der Waals surface area contributed by atoms with Crippen molar-refractivity contribution in [1.82, 2.24) is 4.90 Å². The molecule has 1 heterocycles. The Bertz CT molecular complexity index is 379. The van der Waals surface area contributed by atoms with Crippen LogP contribution in [0.3, 0.4) is 0 Å². The lowest BCUT2D eigenvalue weighted by molar-refractivity contribution is -0.138. The topological polar surface area (TPSA) is 49.8 Å². The van der Waals surface area contributed by atoms with Gasteiger partial charge in [0.2, 0.25) is 0 Å². The maximum Gasteiger partial charge on any atom is 0.334 e. The monoisotopic (exact) mass is 251 g/mol. The summed E-state index contributed by atoms with van der Waals surface area (Å²) in [4.78, 5) is 13.8. The second-order valence-electron chi connectivity index (χ2n) is 5.89. The van der Waals surface area contributed by atoms with Crippen LogP contribution in [0.5, 0.6) is 0 Å². The van der Waals surface area contributed by atoms with Gasteiger partial charge in [0.05, 0.1) is 12.7 Å². The van der Waals surface area contributed by atoms with E-state index < -0.39 is 0 Å². The molecule has 1 N–H and O–H groups in total. The number of aliphatic hydroxyl groups excluding tert-OH is 1. The number of hydrogen-bond acceptors (Lipinski definition) is 4. The van der Waals surface area contributed by atoms with E-state index in [2.05, 4.69) is 11.5 Å². The first kappa shape index (κ1) is 12.2. The molecular formula is C14H21NO3. The first-order chi connectivity index (χ1) is 8.61. The van der Waals surface area contributed by atoms with Gasteiger partial charge in [-0.05, 0) is 37.5 Å². The molecule has 4 heteroatoms. The van der Waals surface area contributed by atoms with Crippen molar-refractivity contribution >= 4 is 5.97 Å². The van der Waals surface area contributed by atoms with Crippen molar-refractivity contribution in [2.45, 2.75) is 31.9 Å². The van der Waals surface area contributed by atoms with Gasteiger partial charge in [0.1, 0.15) is 0 Å². The minimum Gasteiger partial charge on any atom is -0.463 e. The molecular weight excluding hydrogens is 230 g/mol. The van der Waals surface area contributed by atoms with Crippen LogP contribution in [0.4, 0.5) is 0 Å². The van der Waals surface area contributed by atoms with Crippen molar-refractivity contribution in [2.75, 3.05) is 19.7 Å². The second kappa shape index (κ2) is 4.35. The van der Waals surface area contributed by atoms with Crippen LogP contribution in [-0.4, -0.2) is 47.8 Å². The van der Waals surface area contributed by atoms with E-state index in [9.17, 15) is 9.90 Å². The van der Waals surface area contributed by atoms with Crippen LogP contribution in [0.25, 0.3) is 0 Å². The summed E-state index contributed by atoms with van der Waals surface area (Å²) in [7, 11) is 0. The number of carbonyl (C=O) groups excluding carboxylic acids is 1. The summed E-state index contributed by atoms with van der Waals surface area (Å²) in [5, 5.41) is 10.2. The molecule has 2 aliphatic carbocycles. The molecule has 0 radical (unpaired) electrons. The normalized spacial score (nSPS) is 41.3. The Balaban J connectivity index is 1.65. The first-order valence-electron chi connectivity index (χ1n) is 6.88. The number of esters is 1. The summed E-state index contributed by atoms with van der Waals surface area (Å²) in [6.07, 6.45) is 2.12. The number of fused-ring (bicyclic) bond motifs is 1. The van der Waals surface area contributed by atoms with Gasteiger partial charge in [0.15, 0.2) is 0 Å². The standard InChI is InChI=1S/C14H21NO3/c1-3-18-14(17)8(2)6-15-7-10-4-9-5-11(10)12(15)13(9)16/h9-13,16H,2-7H2,1H3. The Kier molecular flexibility index (Phi) is 2.94. The first-order valence-corrected chi connectivity index (χ1v) is 6.88. The predicted octanol–water partition coefficient (Wildman–Crippen LogP) is 0.807. The van der Waals surface area contributed by atoms with Crippen LogP contribution in [0.1, 0.15) is 19.8 Å². The van der Waals surface area contributed by atoms with Crippen molar-refractivity contribution < 1.29 is 14.6 Å². The number of rotatable bonds is 4. The number of ether oxygens (including phenoxy) is 1. The second-order valence-corrected chi connectivity index (χ2v) is 5.89. The zero-order chi connectivity index (χ0) is 12.9. The highest BCUT2D eigenvalue weighted by atomic mass is 16.5. The van der Waals surface area contributed by atoms with Crippen LogP contribution < -0.4 is 0 Å². The molecule has 5 atom stereocenters. The summed E-state index contributed by atoms with van der Waals surface area (Å²) in [6, 6.07) is 0.250. The summed E-state index contributed by atoms with van der Waals surface area (Å²) in [6.45, 7) is 7.54. The average Bonchev–Trinajstić information content (AvgIpc) is 2.91. The van der Waals surface area contributed by atoms with E-state index in [4.69, 9.17) is 4.74 Å². The molecule has 1 aliphatic heterocycles. The van der Waals surface area contributed by atoms with Gasteiger partial charge in [0.25, 0.3) is 0 Å². The quantitative estimate of drug-likeness (QED) is 0.593. The summed E-state index contributed by atoms with van der Waals surface area (Å²) in [5.74, 6) is 1.55. The van der Waals surface area contributed by atoms with Crippen LogP contribution in [0, 0.1) is 17.8 Å². The number of aliphatic hydroxyl groups is 1. The fourth-order valence-corrected chi connectivity index (χ4v) is 4.26. The van der Waals surface area contributed by atoms with Crippen LogP contribution in [0.15, 0.2) is 12.2 Å². The van der Waals surface area contributed by atoms with Gasteiger partial charge in [-0.2, -0.15) is 0 Å². The Morgan fingerprint density at radius 2 is 2.22 bits per heavy atom. The molecule has 3 fully saturated rings. The highest BCUT2D eigenvalue weighted by Gasteiger charge is 2.58. The minimum absolute atomic E-state index is 0.205. The Labute approximate surface area is 108 Å². The van der Waals surface area contributed by atoms with Gasteiger partial charge in [-0.1, -0.05) is 6.58 Å². The lowest BCUT2D eigenvalue weighted by atomic mass is 9.88. The molecule has 5 unspecified atom stereocenters. The molecule has 2 bridgehead atoms. The highest BCUT2D eigenvalue weighted by molar-refractivity contribution is 5.88. The van der Waals surface area contributed by atoms with Gasteiger partial charge in [0, 0.05) is 24.7 Å². The van der Waals surface area contributed by atoms with E-state index in [1.165, 1.54) is 6.42 Å². The largest absolute Gasteiger partial charge is 0.463 e. The van der Waals surface area contributed by atoms with Crippen molar-refractivity contribution in [2.24, 2.45) is 17.8 Å². The maximum absolute atomic E-state index is 11.6. The van der Waals surface area contributed by atoms with Crippen molar-refractivity contribution in [3.8, 4) is 0 Å². The summed E-state index contributed by atoms with van der Waals surface area (Å²) in [5.41, 5.74) is 0.508. The Hall–Kier alpha value is -0.870. The summed E-state index contributed by atoms with van der Waals surface area (Å²) < 4.78 is 4.96. The molecule has 4 nitrogen and oxygen atoms in total. The molecule has 100 valence electrons. The van der Waals surface area contributed by atoms with E-state index in [1.807, 2.05) is 0 Å². The third-order valence-electron chi connectivity index (χ3n) is 4.91. The van der Waals surface area contributed by atoms with E-state index in [0.29, 0.717) is 30.6 Å². The highest BCUT2D eigenvalue weighted by Crippen LogP contribution is 2.54. The third-order valence-corrected chi connectivity index (χ3v) is 4.91. The molecule has 3 rings (SSSR count). The molecule has 1 saturated heterocycles. The molecule has 18 heavy (non-hydrogen) atoms. The Morgan fingerprint density at radius 1 is 1.44 bits per heavy atom. The molecule has 0 aromatic carbocycles. The zero-order valence-electron chi connectivity index (χ0n) is 10.8. The lowest BCUT2D eigenvalue weighted by Gasteiger charge is -2.29. The molecule has 0 spiro atoms. The minimum atomic E-state index is -0.305. The predicted molar refractivity (Wildman–Crippen MR) is 66.8 cm³/mol. The van der Waals surface area contributed by atoms with Crippen molar-refractivity contribution in [1.29, 1.82) is 0 Å². The van der Waals surface area contributed by atoms with Gasteiger partial charge in [-0.15, -0.1) is 0 Å². The zero-order valence-corrected chi connectivity index (χ0v) is 10.8. The fraction of sp³-hybridized carbons (Fsp3) is 0.786. The lowest BCUT2D eigenvalue weighted by Crippen LogP contribution is -2.42. The number of nitrogens with zero attached hydrogens (tertiary/aromatic N) is 1. The molecule has 2 saturated carbocycles.